The average Bonchev–Trinajstić information content (AvgIpc) is 3.19. The average molecular weight is 485 g/mol. The summed E-state index contributed by atoms with van der Waals surface area (Å²) in [5, 5.41) is 8.01. The third-order valence-electron chi connectivity index (χ3n) is 4.51. The number of hydrogen-bond acceptors (Lipinski definition) is 5. The highest BCUT2D eigenvalue weighted by atomic mass is 32.2. The van der Waals surface area contributed by atoms with Gasteiger partial charge in [0.25, 0.3) is 0 Å². The second-order valence-electron chi connectivity index (χ2n) is 7.05. The van der Waals surface area contributed by atoms with Crippen LogP contribution in [-0.2, 0) is 4.79 Å². The number of thioether (sulfide) groups is 1. The van der Waals surface area contributed by atoms with E-state index in [1.807, 2.05) is 0 Å². The van der Waals surface area contributed by atoms with E-state index in [0.717, 1.165) is 10.2 Å². The quantitative estimate of drug-likeness (QED) is 0.282. The van der Waals surface area contributed by atoms with Crippen LogP contribution in [-0.4, -0.2) is 22.7 Å². The minimum atomic E-state index is -0.491. The summed E-state index contributed by atoms with van der Waals surface area (Å²) < 4.78 is 28.2. The molecule has 3 amide bonds. The summed E-state index contributed by atoms with van der Waals surface area (Å²) in [4.78, 5) is 28.9. The van der Waals surface area contributed by atoms with E-state index < -0.39 is 11.8 Å². The molecule has 0 atom stereocenters. The van der Waals surface area contributed by atoms with Crippen molar-refractivity contribution in [3.63, 3.8) is 0 Å². The molecule has 10 heteroatoms. The van der Waals surface area contributed by atoms with Crippen molar-refractivity contribution in [1.82, 2.24) is 4.98 Å². The van der Waals surface area contributed by atoms with Crippen LogP contribution >= 0.6 is 23.1 Å². The van der Waals surface area contributed by atoms with Crippen LogP contribution in [0.25, 0.3) is 10.2 Å². The van der Waals surface area contributed by atoms with Crippen LogP contribution in [0, 0.1) is 18.6 Å². The number of halogens is 2. The van der Waals surface area contributed by atoms with Gasteiger partial charge in [-0.25, -0.2) is 18.6 Å². The predicted octanol–water partition coefficient (Wildman–Crippen LogP) is 6.26. The van der Waals surface area contributed by atoms with Crippen LogP contribution in [0.15, 0.2) is 65.0 Å². The Morgan fingerprint density at radius 3 is 2.30 bits per heavy atom. The van der Waals surface area contributed by atoms with Gasteiger partial charge in [0.15, 0.2) is 4.34 Å². The van der Waals surface area contributed by atoms with Crippen molar-refractivity contribution >= 4 is 62.3 Å². The third-order valence-corrected chi connectivity index (χ3v) is 6.67. The van der Waals surface area contributed by atoms with Crippen molar-refractivity contribution in [1.29, 1.82) is 0 Å². The molecule has 0 fully saturated rings. The van der Waals surface area contributed by atoms with Gasteiger partial charge in [-0.3, -0.25) is 4.79 Å². The van der Waals surface area contributed by atoms with E-state index >= 15 is 0 Å². The zero-order valence-corrected chi connectivity index (χ0v) is 18.9. The standard InChI is InChI=1S/C23H18F2N4O2S2/c1-13-2-5-16(10-18(13)25)27-22(31)28-17-8-9-19-20(11-17)33-23(29-19)32-12-21(30)26-15-6-3-14(24)4-7-15/h2-11H,12H2,1H3,(H,26,30)(H2,27,28,31). The summed E-state index contributed by atoms with van der Waals surface area (Å²) in [6.07, 6.45) is 0. The van der Waals surface area contributed by atoms with E-state index in [0.29, 0.717) is 27.0 Å². The molecule has 168 valence electrons. The first-order valence-corrected chi connectivity index (χ1v) is 11.6. The van der Waals surface area contributed by atoms with Gasteiger partial charge in [0.05, 0.1) is 16.0 Å². The lowest BCUT2D eigenvalue weighted by atomic mass is 10.2. The molecule has 0 unspecified atom stereocenters. The van der Waals surface area contributed by atoms with E-state index in [9.17, 15) is 18.4 Å². The summed E-state index contributed by atoms with van der Waals surface area (Å²) in [6, 6.07) is 14.8. The molecule has 4 rings (SSSR count). The van der Waals surface area contributed by atoms with Crippen molar-refractivity contribution in [2.45, 2.75) is 11.3 Å². The van der Waals surface area contributed by atoms with Crippen LogP contribution in [0.3, 0.4) is 0 Å². The van der Waals surface area contributed by atoms with E-state index in [2.05, 4.69) is 20.9 Å². The van der Waals surface area contributed by atoms with Crippen molar-refractivity contribution in [2.24, 2.45) is 0 Å². The maximum Gasteiger partial charge on any atom is 0.323 e. The highest BCUT2D eigenvalue weighted by molar-refractivity contribution is 8.01. The Morgan fingerprint density at radius 1 is 0.909 bits per heavy atom. The Labute approximate surface area is 196 Å². The number of benzene rings is 3. The van der Waals surface area contributed by atoms with E-state index in [-0.39, 0.29) is 17.5 Å². The van der Waals surface area contributed by atoms with Gasteiger partial charge in [-0.15, -0.1) is 11.3 Å². The lowest BCUT2D eigenvalue weighted by Gasteiger charge is -2.08. The Balaban J connectivity index is 1.34. The van der Waals surface area contributed by atoms with E-state index in [1.165, 1.54) is 53.4 Å². The van der Waals surface area contributed by atoms with Gasteiger partial charge in [0, 0.05) is 17.1 Å². The molecule has 0 bridgehead atoms. The second-order valence-corrected chi connectivity index (χ2v) is 9.30. The summed E-state index contributed by atoms with van der Waals surface area (Å²) >= 11 is 2.68. The number of urea groups is 1. The van der Waals surface area contributed by atoms with Gasteiger partial charge in [-0.05, 0) is 67.1 Å². The number of hydrogen-bond donors (Lipinski definition) is 3. The maximum atomic E-state index is 13.7. The number of aryl methyl sites for hydroxylation is 1. The minimum absolute atomic E-state index is 0.151. The molecule has 3 N–H and O–H groups in total. The van der Waals surface area contributed by atoms with Gasteiger partial charge in [0.1, 0.15) is 11.6 Å². The van der Waals surface area contributed by atoms with Crippen molar-refractivity contribution in [3.8, 4) is 0 Å². The van der Waals surface area contributed by atoms with Crippen molar-refractivity contribution in [3.05, 3.63) is 77.9 Å². The summed E-state index contributed by atoms with van der Waals surface area (Å²) in [7, 11) is 0. The molecule has 33 heavy (non-hydrogen) atoms. The summed E-state index contributed by atoms with van der Waals surface area (Å²) in [5.74, 6) is -0.836. The normalized spacial score (nSPS) is 10.8. The predicted molar refractivity (Wildman–Crippen MR) is 129 cm³/mol. The van der Waals surface area contributed by atoms with Gasteiger partial charge >= 0.3 is 6.03 Å². The Morgan fingerprint density at radius 2 is 1.58 bits per heavy atom. The molecule has 1 aromatic heterocycles. The van der Waals surface area contributed by atoms with Crippen LogP contribution in [0.5, 0.6) is 0 Å². The van der Waals surface area contributed by atoms with Crippen LogP contribution in [0.1, 0.15) is 5.56 Å². The molecule has 0 radical (unpaired) electrons. The summed E-state index contributed by atoms with van der Waals surface area (Å²) in [5.41, 5.74) is 2.67. The molecule has 0 aliphatic heterocycles. The molecule has 3 aromatic carbocycles. The molecule has 0 saturated heterocycles. The van der Waals surface area contributed by atoms with Gasteiger partial charge in [-0.1, -0.05) is 17.8 Å². The van der Waals surface area contributed by atoms with Crippen LogP contribution < -0.4 is 16.0 Å². The molecule has 4 aromatic rings. The fourth-order valence-electron chi connectivity index (χ4n) is 2.86. The lowest BCUT2D eigenvalue weighted by molar-refractivity contribution is -0.113. The van der Waals surface area contributed by atoms with Crippen molar-refractivity contribution in [2.75, 3.05) is 21.7 Å². The first-order chi connectivity index (χ1) is 15.9. The SMILES string of the molecule is Cc1ccc(NC(=O)Nc2ccc3nc(SCC(=O)Nc4ccc(F)cc4)sc3c2)cc1F. The third kappa shape index (κ3) is 6.05. The fourth-order valence-corrected chi connectivity index (χ4v) is 4.77. The molecule has 0 spiro atoms. The molecule has 0 aliphatic rings. The summed E-state index contributed by atoms with van der Waals surface area (Å²) in [6.45, 7) is 1.65. The molecule has 6 nitrogen and oxygen atoms in total. The first kappa shape index (κ1) is 22.7. The Bertz CT molecular complexity index is 1330. The van der Waals surface area contributed by atoms with Gasteiger partial charge in [-0.2, -0.15) is 0 Å². The zero-order valence-electron chi connectivity index (χ0n) is 17.3. The molecular formula is C23H18F2N4O2S2. The van der Waals surface area contributed by atoms with Crippen molar-refractivity contribution < 1.29 is 18.4 Å². The van der Waals surface area contributed by atoms with E-state index in [1.54, 1.807) is 37.3 Å². The topological polar surface area (TPSA) is 83.1 Å². The number of aromatic nitrogens is 1. The number of nitrogens with one attached hydrogen (secondary N) is 3. The molecule has 0 saturated carbocycles. The number of rotatable bonds is 6. The highest BCUT2D eigenvalue weighted by Crippen LogP contribution is 2.31. The number of anilines is 3. The monoisotopic (exact) mass is 484 g/mol. The molecule has 1 heterocycles. The number of carbonyl (C=O) groups is 2. The maximum absolute atomic E-state index is 13.7. The number of amides is 3. The zero-order chi connectivity index (χ0) is 23.4. The Kier molecular flexibility index (Phi) is 6.85. The smallest absolute Gasteiger partial charge is 0.323 e. The lowest BCUT2D eigenvalue weighted by Crippen LogP contribution is -2.19. The van der Waals surface area contributed by atoms with Crippen LogP contribution in [0.2, 0.25) is 0 Å². The number of fused-ring (bicyclic) bond motifs is 1. The number of nitrogens with zero attached hydrogens (tertiary/aromatic N) is 1. The fraction of sp³-hybridized carbons (Fsp3) is 0.0870. The number of carbonyl (C=O) groups excluding carboxylic acids is 2. The van der Waals surface area contributed by atoms with Gasteiger partial charge in [0.2, 0.25) is 5.91 Å². The van der Waals surface area contributed by atoms with E-state index in [4.69, 9.17) is 0 Å². The molecule has 0 aliphatic carbocycles. The largest absolute Gasteiger partial charge is 0.325 e. The van der Waals surface area contributed by atoms with Gasteiger partial charge < -0.3 is 16.0 Å². The Hall–Kier alpha value is -3.50. The highest BCUT2D eigenvalue weighted by Gasteiger charge is 2.10. The second kappa shape index (κ2) is 9.97. The van der Waals surface area contributed by atoms with Crippen LogP contribution in [0.4, 0.5) is 30.6 Å². The minimum Gasteiger partial charge on any atom is -0.325 e. The molecular weight excluding hydrogens is 466 g/mol. The number of thiazole rings is 1. The first-order valence-electron chi connectivity index (χ1n) is 9.79.